The summed E-state index contributed by atoms with van der Waals surface area (Å²) >= 11 is 0. The molecule has 0 amide bonds. The molecular weight excluding hydrogens is 246 g/mol. The van der Waals surface area contributed by atoms with Crippen molar-refractivity contribution in [1.29, 1.82) is 0 Å². The quantitative estimate of drug-likeness (QED) is 0.779. The van der Waals surface area contributed by atoms with Crippen LogP contribution in [0.2, 0.25) is 0 Å². The molecule has 0 spiro atoms. The molecule has 0 fully saturated rings. The molecular formula is C14H21NO4. The lowest BCUT2D eigenvalue weighted by molar-refractivity contribution is -0.138. The van der Waals surface area contributed by atoms with Gasteiger partial charge in [0.25, 0.3) is 0 Å². The molecule has 1 aromatic carbocycles. The number of carboxylic acids is 1. The van der Waals surface area contributed by atoms with E-state index >= 15 is 0 Å². The average molecular weight is 267 g/mol. The normalized spacial score (nSPS) is 10.8. The maximum Gasteiger partial charge on any atom is 0.317 e. The summed E-state index contributed by atoms with van der Waals surface area (Å²) in [6.45, 7) is 5.00. The summed E-state index contributed by atoms with van der Waals surface area (Å²) in [5.41, 5.74) is 0. The maximum absolute atomic E-state index is 10.7. The van der Waals surface area contributed by atoms with Crippen LogP contribution in [0.1, 0.15) is 13.8 Å². The van der Waals surface area contributed by atoms with Crippen LogP contribution in [0.25, 0.3) is 0 Å². The van der Waals surface area contributed by atoms with Gasteiger partial charge in [-0.25, -0.2) is 0 Å². The van der Waals surface area contributed by atoms with E-state index < -0.39 is 5.97 Å². The van der Waals surface area contributed by atoms with Gasteiger partial charge in [-0.2, -0.15) is 0 Å². The van der Waals surface area contributed by atoms with Gasteiger partial charge in [-0.3, -0.25) is 9.69 Å². The summed E-state index contributed by atoms with van der Waals surface area (Å²) in [4.78, 5) is 12.6. The molecule has 0 aliphatic carbocycles. The Labute approximate surface area is 113 Å². The predicted molar refractivity (Wildman–Crippen MR) is 72.8 cm³/mol. The third-order valence-corrected chi connectivity index (χ3v) is 2.78. The summed E-state index contributed by atoms with van der Waals surface area (Å²) in [5, 5.41) is 8.81. The van der Waals surface area contributed by atoms with Crippen molar-refractivity contribution in [3.8, 4) is 11.5 Å². The van der Waals surface area contributed by atoms with Gasteiger partial charge in [-0.15, -0.1) is 0 Å². The molecule has 0 radical (unpaired) electrons. The molecule has 1 aromatic rings. The monoisotopic (exact) mass is 267 g/mol. The van der Waals surface area contributed by atoms with E-state index in [1.54, 1.807) is 7.11 Å². The first-order valence-electron chi connectivity index (χ1n) is 6.25. The Kier molecular flexibility index (Phi) is 6.15. The average Bonchev–Trinajstić information content (AvgIpc) is 2.37. The number of nitrogens with zero attached hydrogens (tertiary/aromatic N) is 1. The van der Waals surface area contributed by atoms with Crippen molar-refractivity contribution in [3.05, 3.63) is 24.3 Å². The Bertz CT molecular complexity index is 389. The van der Waals surface area contributed by atoms with Crippen LogP contribution in [0.15, 0.2) is 24.3 Å². The Hall–Kier alpha value is -1.75. The van der Waals surface area contributed by atoms with Crippen LogP contribution < -0.4 is 9.47 Å². The molecule has 0 unspecified atom stereocenters. The molecule has 0 saturated carbocycles. The first-order valence-corrected chi connectivity index (χ1v) is 6.25. The number of hydrogen-bond acceptors (Lipinski definition) is 4. The zero-order valence-electron chi connectivity index (χ0n) is 11.6. The highest BCUT2D eigenvalue weighted by Crippen LogP contribution is 2.16. The minimum atomic E-state index is -0.821. The predicted octanol–water partition coefficient (Wildman–Crippen LogP) is 1.87. The van der Waals surface area contributed by atoms with Gasteiger partial charge in [0, 0.05) is 12.6 Å². The Morgan fingerprint density at radius 3 is 2.32 bits per heavy atom. The number of carbonyl (C=O) groups is 1. The van der Waals surface area contributed by atoms with Gasteiger partial charge in [-0.05, 0) is 38.1 Å². The summed E-state index contributed by atoms with van der Waals surface area (Å²) in [6, 6.07) is 7.49. The molecule has 5 heteroatoms. The van der Waals surface area contributed by atoms with Crippen molar-refractivity contribution in [2.24, 2.45) is 0 Å². The second-order valence-electron chi connectivity index (χ2n) is 4.48. The Morgan fingerprint density at radius 1 is 1.26 bits per heavy atom. The molecule has 1 rings (SSSR count). The first-order chi connectivity index (χ1) is 9.02. The van der Waals surface area contributed by atoms with Crippen molar-refractivity contribution in [2.75, 3.05) is 26.8 Å². The van der Waals surface area contributed by atoms with Crippen molar-refractivity contribution in [3.63, 3.8) is 0 Å². The lowest BCUT2D eigenvalue weighted by atomic mass is 10.3. The van der Waals surface area contributed by atoms with E-state index in [0.29, 0.717) is 13.2 Å². The molecule has 5 nitrogen and oxygen atoms in total. The van der Waals surface area contributed by atoms with Gasteiger partial charge in [0.1, 0.15) is 18.1 Å². The van der Waals surface area contributed by atoms with E-state index in [1.807, 2.05) is 43.0 Å². The van der Waals surface area contributed by atoms with E-state index in [4.69, 9.17) is 14.6 Å². The van der Waals surface area contributed by atoms with E-state index in [2.05, 4.69) is 0 Å². The Morgan fingerprint density at radius 2 is 1.84 bits per heavy atom. The molecule has 106 valence electrons. The smallest absolute Gasteiger partial charge is 0.317 e. The minimum Gasteiger partial charge on any atom is -0.497 e. The third-order valence-electron chi connectivity index (χ3n) is 2.78. The molecule has 0 bridgehead atoms. The van der Waals surface area contributed by atoms with Crippen LogP contribution in [0.3, 0.4) is 0 Å². The van der Waals surface area contributed by atoms with Crippen LogP contribution >= 0.6 is 0 Å². The van der Waals surface area contributed by atoms with Gasteiger partial charge in [0.2, 0.25) is 0 Å². The van der Waals surface area contributed by atoms with Crippen LogP contribution in [0, 0.1) is 0 Å². The van der Waals surface area contributed by atoms with Crippen molar-refractivity contribution < 1.29 is 19.4 Å². The lowest BCUT2D eigenvalue weighted by Gasteiger charge is -2.24. The second-order valence-corrected chi connectivity index (χ2v) is 4.48. The SMILES string of the molecule is COc1ccc(OCCN(CC(=O)O)C(C)C)cc1. The fourth-order valence-electron chi connectivity index (χ4n) is 1.65. The third kappa shape index (κ3) is 5.61. The number of benzene rings is 1. The van der Waals surface area contributed by atoms with Crippen LogP contribution in [0.4, 0.5) is 0 Å². The minimum absolute atomic E-state index is 0.0314. The van der Waals surface area contributed by atoms with Gasteiger partial charge < -0.3 is 14.6 Å². The maximum atomic E-state index is 10.7. The van der Waals surface area contributed by atoms with Gasteiger partial charge >= 0.3 is 5.97 Å². The van der Waals surface area contributed by atoms with Crippen LogP contribution in [-0.4, -0.2) is 48.8 Å². The molecule has 1 N–H and O–H groups in total. The summed E-state index contributed by atoms with van der Waals surface area (Å²) in [6.07, 6.45) is 0. The van der Waals surface area contributed by atoms with Crippen molar-refractivity contribution in [1.82, 2.24) is 4.90 Å². The van der Waals surface area contributed by atoms with Gasteiger partial charge in [-0.1, -0.05) is 0 Å². The van der Waals surface area contributed by atoms with E-state index in [0.717, 1.165) is 11.5 Å². The number of methoxy groups -OCH3 is 1. The molecule has 0 atom stereocenters. The number of rotatable bonds is 8. The number of ether oxygens (including phenoxy) is 2. The van der Waals surface area contributed by atoms with Crippen LogP contribution in [0.5, 0.6) is 11.5 Å². The fraction of sp³-hybridized carbons (Fsp3) is 0.500. The van der Waals surface area contributed by atoms with Gasteiger partial charge in [0.05, 0.1) is 13.7 Å². The first kappa shape index (κ1) is 15.3. The van der Waals surface area contributed by atoms with E-state index in [1.165, 1.54) is 0 Å². The van der Waals surface area contributed by atoms with Gasteiger partial charge in [0.15, 0.2) is 0 Å². The highest BCUT2D eigenvalue weighted by Gasteiger charge is 2.12. The second kappa shape index (κ2) is 7.63. The highest BCUT2D eigenvalue weighted by atomic mass is 16.5. The highest BCUT2D eigenvalue weighted by molar-refractivity contribution is 5.69. The topological polar surface area (TPSA) is 59.0 Å². The molecule has 0 aliphatic heterocycles. The molecule has 0 aromatic heterocycles. The number of aliphatic carboxylic acids is 1. The van der Waals surface area contributed by atoms with Crippen LogP contribution in [-0.2, 0) is 4.79 Å². The summed E-state index contributed by atoms with van der Waals surface area (Å²) in [5.74, 6) is 0.708. The fourth-order valence-corrected chi connectivity index (χ4v) is 1.65. The van der Waals surface area contributed by atoms with Crippen molar-refractivity contribution in [2.45, 2.75) is 19.9 Å². The van der Waals surface area contributed by atoms with E-state index in [-0.39, 0.29) is 12.6 Å². The molecule has 0 saturated heterocycles. The van der Waals surface area contributed by atoms with E-state index in [9.17, 15) is 4.79 Å². The lowest BCUT2D eigenvalue weighted by Crippen LogP contribution is -2.38. The Balaban J connectivity index is 2.40. The zero-order chi connectivity index (χ0) is 14.3. The molecule has 0 heterocycles. The molecule has 0 aliphatic rings. The number of hydrogen-bond donors (Lipinski definition) is 1. The molecule has 19 heavy (non-hydrogen) atoms. The standard InChI is InChI=1S/C14H21NO4/c1-11(2)15(10-14(16)17)8-9-19-13-6-4-12(18-3)5-7-13/h4-7,11H,8-10H2,1-3H3,(H,16,17). The summed E-state index contributed by atoms with van der Waals surface area (Å²) in [7, 11) is 1.61. The largest absolute Gasteiger partial charge is 0.497 e. The zero-order valence-corrected chi connectivity index (χ0v) is 11.6. The van der Waals surface area contributed by atoms with Crippen molar-refractivity contribution >= 4 is 5.97 Å². The summed E-state index contributed by atoms with van der Waals surface area (Å²) < 4.78 is 10.6. The number of carboxylic acid groups (broad SMARTS) is 1.